The summed E-state index contributed by atoms with van der Waals surface area (Å²) in [5.74, 6) is 1.45. The molecule has 0 N–H and O–H groups in total. The van der Waals surface area contributed by atoms with Crippen LogP contribution in [-0.4, -0.2) is 16.3 Å². The Hall–Kier alpha value is 0.0200. The van der Waals surface area contributed by atoms with E-state index in [0.717, 1.165) is 12.2 Å². The number of rotatable bonds is 1. The number of thioether (sulfide) groups is 1. The van der Waals surface area contributed by atoms with Crippen LogP contribution in [0.4, 0.5) is 0 Å². The maximum absolute atomic E-state index is 11.6. The van der Waals surface area contributed by atoms with E-state index in [9.17, 15) is 4.79 Å². The van der Waals surface area contributed by atoms with Crippen molar-refractivity contribution in [3.63, 3.8) is 0 Å². The lowest BCUT2D eigenvalue weighted by atomic mass is 9.74. The third kappa shape index (κ3) is 1.73. The Kier molecular flexibility index (Phi) is 2.67. The summed E-state index contributed by atoms with van der Waals surface area (Å²) in [4.78, 5) is 11.6. The van der Waals surface area contributed by atoms with E-state index in [4.69, 9.17) is 0 Å². The van der Waals surface area contributed by atoms with E-state index in [0.29, 0.717) is 10.5 Å². The van der Waals surface area contributed by atoms with Gasteiger partial charge in [0, 0.05) is 15.9 Å². The molecule has 1 unspecified atom stereocenters. The molecule has 1 saturated carbocycles. The number of carbonyl (C=O) groups is 1. The second kappa shape index (κ2) is 3.55. The predicted octanol–water partition coefficient (Wildman–Crippen LogP) is 3.42. The topological polar surface area (TPSA) is 17.1 Å². The molecule has 2 heteroatoms. The highest BCUT2D eigenvalue weighted by Gasteiger charge is 2.48. The van der Waals surface area contributed by atoms with Gasteiger partial charge in [-0.3, -0.25) is 4.79 Å². The zero-order chi connectivity index (χ0) is 10.2. The average Bonchev–Trinajstić information content (AvgIpc) is 2.47. The monoisotopic (exact) mass is 212 g/mol. The van der Waals surface area contributed by atoms with Crippen LogP contribution in [0.25, 0.3) is 0 Å². The second-order valence-electron chi connectivity index (χ2n) is 5.33. The predicted molar refractivity (Wildman–Crippen MR) is 61.7 cm³/mol. The van der Waals surface area contributed by atoms with Crippen molar-refractivity contribution in [2.24, 2.45) is 5.41 Å². The Morgan fingerprint density at radius 2 is 1.86 bits per heavy atom. The molecular formula is C12H20OS. The zero-order valence-corrected chi connectivity index (χ0v) is 10.1. The lowest BCUT2D eigenvalue weighted by Gasteiger charge is -2.33. The normalized spacial score (nSPS) is 36.1. The molecule has 0 amide bonds. The van der Waals surface area contributed by atoms with Gasteiger partial charge in [0.1, 0.15) is 5.78 Å². The van der Waals surface area contributed by atoms with E-state index in [1.807, 2.05) is 0 Å². The van der Waals surface area contributed by atoms with Crippen molar-refractivity contribution < 1.29 is 4.79 Å². The highest BCUT2D eigenvalue weighted by molar-refractivity contribution is 8.01. The van der Waals surface area contributed by atoms with Crippen molar-refractivity contribution in [3.05, 3.63) is 0 Å². The minimum atomic E-state index is -0.0119. The lowest BCUT2D eigenvalue weighted by Crippen LogP contribution is -2.31. The van der Waals surface area contributed by atoms with Gasteiger partial charge >= 0.3 is 0 Å². The molecule has 1 spiro atoms. The molecule has 1 aliphatic carbocycles. The first-order valence-corrected chi connectivity index (χ1v) is 6.70. The fourth-order valence-corrected chi connectivity index (χ4v) is 4.80. The largest absolute Gasteiger partial charge is 0.299 e. The first-order chi connectivity index (χ1) is 6.56. The molecule has 1 aliphatic heterocycles. The highest BCUT2D eigenvalue weighted by atomic mass is 32.2. The Morgan fingerprint density at radius 3 is 2.36 bits per heavy atom. The molecular weight excluding hydrogens is 192 g/mol. The van der Waals surface area contributed by atoms with Gasteiger partial charge in [0.2, 0.25) is 0 Å². The Balaban J connectivity index is 2.09. The van der Waals surface area contributed by atoms with Gasteiger partial charge in [-0.1, -0.05) is 26.2 Å². The fourth-order valence-electron chi connectivity index (χ4n) is 2.87. The second-order valence-corrected chi connectivity index (χ2v) is 6.77. The SMILES string of the molecule is CC(=O)C1(C)CSC2(CCCCC2)C1. The van der Waals surface area contributed by atoms with Crippen LogP contribution < -0.4 is 0 Å². The van der Waals surface area contributed by atoms with Crippen LogP contribution in [0.2, 0.25) is 0 Å². The Labute approximate surface area is 91.0 Å². The maximum atomic E-state index is 11.6. The van der Waals surface area contributed by atoms with E-state index < -0.39 is 0 Å². The Morgan fingerprint density at radius 1 is 1.21 bits per heavy atom. The number of hydrogen-bond acceptors (Lipinski definition) is 2. The van der Waals surface area contributed by atoms with Gasteiger partial charge in [-0.15, -0.1) is 0 Å². The van der Waals surface area contributed by atoms with E-state index >= 15 is 0 Å². The summed E-state index contributed by atoms with van der Waals surface area (Å²) in [5, 5.41) is 0. The molecule has 0 aromatic rings. The molecule has 1 atom stereocenters. The molecule has 0 aromatic carbocycles. The molecule has 1 nitrogen and oxygen atoms in total. The third-order valence-corrected chi connectivity index (χ3v) is 5.97. The van der Waals surface area contributed by atoms with Crippen molar-refractivity contribution in [1.82, 2.24) is 0 Å². The summed E-state index contributed by atoms with van der Waals surface area (Å²) in [7, 11) is 0. The minimum absolute atomic E-state index is 0.0119. The van der Waals surface area contributed by atoms with Gasteiger partial charge in [-0.05, 0) is 26.2 Å². The standard InChI is InChI=1S/C12H20OS/c1-10(13)11(2)8-12(14-9-11)6-4-3-5-7-12/h3-9H2,1-2H3. The zero-order valence-electron chi connectivity index (χ0n) is 9.27. The summed E-state index contributed by atoms with van der Waals surface area (Å²) in [6.07, 6.45) is 7.99. The molecule has 2 rings (SSSR count). The molecule has 0 radical (unpaired) electrons. The van der Waals surface area contributed by atoms with Crippen LogP contribution in [0, 0.1) is 5.41 Å². The molecule has 0 aromatic heterocycles. The van der Waals surface area contributed by atoms with Crippen molar-refractivity contribution in [2.75, 3.05) is 5.75 Å². The number of carbonyl (C=O) groups excluding carboxylic acids is 1. The van der Waals surface area contributed by atoms with Crippen LogP contribution in [0.1, 0.15) is 52.4 Å². The molecule has 2 aliphatic rings. The first-order valence-electron chi connectivity index (χ1n) is 5.71. The summed E-state index contributed by atoms with van der Waals surface area (Å²) >= 11 is 2.08. The Bertz CT molecular complexity index is 243. The molecule has 0 bridgehead atoms. The number of hydrogen-bond donors (Lipinski definition) is 0. The van der Waals surface area contributed by atoms with Gasteiger partial charge in [0.15, 0.2) is 0 Å². The molecule has 1 saturated heterocycles. The lowest BCUT2D eigenvalue weighted by molar-refractivity contribution is -0.124. The van der Waals surface area contributed by atoms with E-state index in [-0.39, 0.29) is 5.41 Å². The van der Waals surface area contributed by atoms with Crippen LogP contribution in [0.15, 0.2) is 0 Å². The third-order valence-electron chi connectivity index (χ3n) is 4.02. The summed E-state index contributed by atoms with van der Waals surface area (Å²) < 4.78 is 0.485. The van der Waals surface area contributed by atoms with Crippen LogP contribution >= 0.6 is 11.8 Å². The maximum Gasteiger partial charge on any atom is 0.136 e. The van der Waals surface area contributed by atoms with E-state index in [1.165, 1.54) is 32.1 Å². The van der Waals surface area contributed by atoms with Gasteiger partial charge in [0.25, 0.3) is 0 Å². The number of ketones is 1. The summed E-state index contributed by atoms with van der Waals surface area (Å²) in [6.45, 7) is 3.92. The van der Waals surface area contributed by atoms with E-state index in [2.05, 4.69) is 18.7 Å². The quantitative estimate of drug-likeness (QED) is 0.662. The summed E-state index contributed by atoms with van der Waals surface area (Å²) in [6, 6.07) is 0. The van der Waals surface area contributed by atoms with Crippen molar-refractivity contribution in [1.29, 1.82) is 0 Å². The van der Waals surface area contributed by atoms with Gasteiger partial charge < -0.3 is 0 Å². The van der Waals surface area contributed by atoms with Gasteiger partial charge in [-0.2, -0.15) is 11.8 Å². The number of Topliss-reactive ketones (excluding diaryl/α,β-unsaturated/α-hetero) is 1. The van der Waals surface area contributed by atoms with Crippen molar-refractivity contribution in [3.8, 4) is 0 Å². The van der Waals surface area contributed by atoms with E-state index in [1.54, 1.807) is 6.92 Å². The van der Waals surface area contributed by atoms with Crippen LogP contribution in [0.5, 0.6) is 0 Å². The average molecular weight is 212 g/mol. The first kappa shape index (κ1) is 10.5. The van der Waals surface area contributed by atoms with Crippen molar-refractivity contribution in [2.45, 2.75) is 57.1 Å². The van der Waals surface area contributed by atoms with Gasteiger partial charge in [-0.25, -0.2) is 0 Å². The smallest absolute Gasteiger partial charge is 0.136 e. The minimum Gasteiger partial charge on any atom is -0.299 e. The van der Waals surface area contributed by atoms with Crippen molar-refractivity contribution >= 4 is 17.5 Å². The fraction of sp³-hybridized carbons (Fsp3) is 0.917. The summed E-state index contributed by atoms with van der Waals surface area (Å²) in [5.41, 5.74) is -0.0119. The van der Waals surface area contributed by atoms with Gasteiger partial charge in [0.05, 0.1) is 0 Å². The molecule has 1 heterocycles. The van der Waals surface area contributed by atoms with Crippen LogP contribution in [-0.2, 0) is 4.79 Å². The molecule has 80 valence electrons. The highest BCUT2D eigenvalue weighted by Crippen LogP contribution is 2.55. The molecule has 14 heavy (non-hydrogen) atoms. The van der Waals surface area contributed by atoms with Crippen LogP contribution in [0.3, 0.4) is 0 Å². The molecule has 2 fully saturated rings.